The third kappa shape index (κ3) is 3.11. The Morgan fingerprint density at radius 1 is 1.38 bits per heavy atom. The summed E-state index contributed by atoms with van der Waals surface area (Å²) in [5.41, 5.74) is 1.52. The zero-order chi connectivity index (χ0) is 15.2. The number of piperazine rings is 1. The smallest absolute Gasteiger partial charge is 0.0549 e. The molecule has 116 valence electrons. The molecule has 2 unspecified atom stereocenters. The maximum atomic E-state index is 6.16. The highest BCUT2D eigenvalue weighted by Gasteiger charge is 2.46. The number of anilines is 1. The Morgan fingerprint density at radius 2 is 2.10 bits per heavy atom. The summed E-state index contributed by atoms with van der Waals surface area (Å²) < 4.78 is 0.982. The van der Waals surface area contributed by atoms with Crippen LogP contribution >= 0.6 is 27.5 Å². The van der Waals surface area contributed by atoms with Crippen LogP contribution in [0.15, 0.2) is 22.7 Å². The third-order valence-electron chi connectivity index (χ3n) is 5.10. The highest BCUT2D eigenvalue weighted by Crippen LogP contribution is 2.43. The minimum Gasteiger partial charge on any atom is -0.365 e. The van der Waals surface area contributed by atoms with Crippen molar-refractivity contribution in [3.8, 4) is 0 Å². The molecule has 3 rings (SSSR count). The Morgan fingerprint density at radius 3 is 2.67 bits per heavy atom. The molecule has 2 atom stereocenters. The van der Waals surface area contributed by atoms with E-state index in [-0.39, 0.29) is 5.54 Å². The average Bonchev–Trinajstić information content (AvgIpc) is 3.26. The van der Waals surface area contributed by atoms with Gasteiger partial charge in [0.2, 0.25) is 0 Å². The maximum absolute atomic E-state index is 6.16. The van der Waals surface area contributed by atoms with Crippen molar-refractivity contribution in [3.63, 3.8) is 0 Å². The van der Waals surface area contributed by atoms with Gasteiger partial charge < -0.3 is 10.2 Å². The highest BCUT2D eigenvalue weighted by molar-refractivity contribution is 9.10. The van der Waals surface area contributed by atoms with E-state index in [0.717, 1.165) is 28.5 Å². The number of hydrogen-bond donors (Lipinski definition) is 1. The van der Waals surface area contributed by atoms with Crippen LogP contribution in [0.25, 0.3) is 0 Å². The summed E-state index contributed by atoms with van der Waals surface area (Å²) in [6, 6.07) is 6.84. The zero-order valence-electron chi connectivity index (χ0n) is 13.0. The Kier molecular flexibility index (Phi) is 4.28. The minimum atomic E-state index is 0.248. The van der Waals surface area contributed by atoms with Crippen molar-refractivity contribution in [2.45, 2.75) is 45.2 Å². The lowest BCUT2D eigenvalue weighted by atomic mass is 9.87. The quantitative estimate of drug-likeness (QED) is 0.828. The number of halogens is 2. The van der Waals surface area contributed by atoms with Gasteiger partial charge in [0.1, 0.15) is 0 Å². The van der Waals surface area contributed by atoms with Gasteiger partial charge in [-0.25, -0.2) is 0 Å². The van der Waals surface area contributed by atoms with E-state index in [9.17, 15) is 0 Å². The molecule has 21 heavy (non-hydrogen) atoms. The molecule has 1 saturated heterocycles. The van der Waals surface area contributed by atoms with Gasteiger partial charge in [-0.2, -0.15) is 0 Å². The van der Waals surface area contributed by atoms with Crippen molar-refractivity contribution in [2.24, 2.45) is 11.8 Å². The van der Waals surface area contributed by atoms with E-state index in [4.69, 9.17) is 11.6 Å². The van der Waals surface area contributed by atoms with Crippen LogP contribution in [0.2, 0.25) is 5.02 Å². The molecular formula is C17H24BrClN2. The average molecular weight is 372 g/mol. The molecule has 1 aliphatic heterocycles. The summed E-state index contributed by atoms with van der Waals surface area (Å²) in [6.07, 6.45) is 2.74. The van der Waals surface area contributed by atoms with Crippen molar-refractivity contribution < 1.29 is 0 Å². The van der Waals surface area contributed by atoms with Crippen molar-refractivity contribution in [3.05, 3.63) is 27.7 Å². The topological polar surface area (TPSA) is 15.3 Å². The molecule has 0 aromatic heterocycles. The van der Waals surface area contributed by atoms with E-state index in [0.29, 0.717) is 12.0 Å². The molecule has 1 heterocycles. The van der Waals surface area contributed by atoms with Crippen molar-refractivity contribution in [2.75, 3.05) is 18.0 Å². The van der Waals surface area contributed by atoms with Crippen LogP contribution in [-0.4, -0.2) is 24.7 Å². The number of nitrogens with zero attached hydrogens (tertiary/aromatic N) is 1. The molecule has 4 heteroatoms. The van der Waals surface area contributed by atoms with Gasteiger partial charge in [0.05, 0.1) is 5.02 Å². The monoisotopic (exact) mass is 370 g/mol. The number of benzene rings is 1. The van der Waals surface area contributed by atoms with E-state index >= 15 is 0 Å². The van der Waals surface area contributed by atoms with E-state index in [2.05, 4.69) is 59.1 Å². The van der Waals surface area contributed by atoms with E-state index in [1.54, 1.807) is 0 Å². The maximum Gasteiger partial charge on any atom is 0.0549 e. The lowest BCUT2D eigenvalue weighted by Gasteiger charge is -2.49. The summed E-state index contributed by atoms with van der Waals surface area (Å²) >= 11 is 9.72. The summed E-state index contributed by atoms with van der Waals surface area (Å²) in [5.74, 6) is 1.46. The largest absolute Gasteiger partial charge is 0.365 e. The molecule has 0 spiro atoms. The van der Waals surface area contributed by atoms with Crippen LogP contribution in [0.3, 0.4) is 0 Å². The Balaban J connectivity index is 1.91. The molecule has 1 aliphatic carbocycles. The standard InChI is InChI=1S/C17H24BrClN2/c1-11(2)16-9-20-17(3,12-4-5-12)10-21(16)13-6-7-15(19)14(18)8-13/h6-8,11-12,16,20H,4-5,9-10H2,1-3H3. The molecule has 1 aromatic rings. The molecule has 0 bridgehead atoms. The van der Waals surface area contributed by atoms with Crippen LogP contribution < -0.4 is 10.2 Å². The number of rotatable bonds is 3. The van der Waals surface area contributed by atoms with Gasteiger partial charge in [-0.1, -0.05) is 25.4 Å². The van der Waals surface area contributed by atoms with Gasteiger partial charge in [-0.05, 0) is 65.7 Å². The fourth-order valence-corrected chi connectivity index (χ4v) is 4.00. The van der Waals surface area contributed by atoms with Gasteiger partial charge in [0.15, 0.2) is 0 Å². The zero-order valence-corrected chi connectivity index (χ0v) is 15.3. The van der Waals surface area contributed by atoms with Gasteiger partial charge in [-0.3, -0.25) is 0 Å². The second-order valence-corrected chi connectivity index (χ2v) is 8.37. The third-order valence-corrected chi connectivity index (χ3v) is 6.31. The molecule has 0 radical (unpaired) electrons. The predicted octanol–water partition coefficient (Wildman–Crippen LogP) is 4.71. The molecule has 2 nitrogen and oxygen atoms in total. The van der Waals surface area contributed by atoms with Gasteiger partial charge >= 0.3 is 0 Å². The van der Waals surface area contributed by atoms with Crippen molar-refractivity contribution in [1.29, 1.82) is 0 Å². The first kappa shape index (κ1) is 15.6. The Bertz CT molecular complexity index is 530. The van der Waals surface area contributed by atoms with Crippen LogP contribution in [0.5, 0.6) is 0 Å². The van der Waals surface area contributed by atoms with Crippen molar-refractivity contribution in [1.82, 2.24) is 5.32 Å². The van der Waals surface area contributed by atoms with Crippen LogP contribution in [0, 0.1) is 11.8 Å². The molecule has 2 fully saturated rings. The lowest BCUT2D eigenvalue weighted by Crippen LogP contribution is -2.65. The number of hydrogen-bond acceptors (Lipinski definition) is 2. The van der Waals surface area contributed by atoms with Gasteiger partial charge in [0, 0.05) is 34.8 Å². The fraction of sp³-hybridized carbons (Fsp3) is 0.647. The van der Waals surface area contributed by atoms with E-state index < -0.39 is 0 Å². The molecule has 2 aliphatic rings. The van der Waals surface area contributed by atoms with E-state index in [1.165, 1.54) is 18.5 Å². The van der Waals surface area contributed by atoms with Crippen molar-refractivity contribution >= 4 is 33.2 Å². The summed E-state index contributed by atoms with van der Waals surface area (Å²) in [4.78, 5) is 2.58. The molecule has 1 N–H and O–H groups in total. The van der Waals surface area contributed by atoms with Crippen LogP contribution in [0.4, 0.5) is 5.69 Å². The van der Waals surface area contributed by atoms with Gasteiger partial charge in [-0.15, -0.1) is 0 Å². The summed E-state index contributed by atoms with van der Waals surface area (Å²) in [7, 11) is 0. The Hall–Kier alpha value is -0.250. The molecule has 1 aromatic carbocycles. The molecule has 0 amide bonds. The minimum absolute atomic E-state index is 0.248. The van der Waals surface area contributed by atoms with E-state index in [1.807, 2.05) is 6.07 Å². The van der Waals surface area contributed by atoms with Crippen LogP contribution in [0.1, 0.15) is 33.6 Å². The fourth-order valence-electron chi connectivity index (χ4n) is 3.51. The second-order valence-electron chi connectivity index (χ2n) is 7.11. The SMILES string of the molecule is CC(C)C1CNC(C)(C2CC2)CN1c1ccc(Cl)c(Br)c1. The highest BCUT2D eigenvalue weighted by atomic mass is 79.9. The Labute approximate surface area is 141 Å². The molecular weight excluding hydrogens is 348 g/mol. The summed E-state index contributed by atoms with van der Waals surface area (Å²) in [6.45, 7) is 9.15. The lowest BCUT2D eigenvalue weighted by molar-refractivity contribution is 0.233. The first-order valence-electron chi connectivity index (χ1n) is 7.87. The van der Waals surface area contributed by atoms with Gasteiger partial charge in [0.25, 0.3) is 0 Å². The number of nitrogens with one attached hydrogen (secondary N) is 1. The normalized spacial score (nSPS) is 30.0. The van der Waals surface area contributed by atoms with Crippen LogP contribution in [-0.2, 0) is 0 Å². The predicted molar refractivity (Wildman–Crippen MR) is 94.3 cm³/mol. The summed E-state index contributed by atoms with van der Waals surface area (Å²) in [5, 5.41) is 4.61. The first-order valence-corrected chi connectivity index (χ1v) is 9.04. The first-order chi connectivity index (χ1) is 9.90. The second kappa shape index (κ2) is 5.75. The molecule has 1 saturated carbocycles.